The number of pyridine rings is 1. The number of aromatic nitrogens is 3. The van der Waals surface area contributed by atoms with Gasteiger partial charge in [0.1, 0.15) is 0 Å². The number of hydrogen-bond acceptors (Lipinski definition) is 5. The molecule has 19 heavy (non-hydrogen) atoms. The Morgan fingerprint density at radius 1 is 1.21 bits per heavy atom. The number of nitrogens with one attached hydrogen (secondary N) is 1. The number of hydrogen-bond donors (Lipinski definition) is 1. The molecule has 0 aliphatic carbocycles. The highest BCUT2D eigenvalue weighted by Gasteiger charge is 2.20. The first-order valence-electron chi connectivity index (χ1n) is 6.84. The lowest BCUT2D eigenvalue weighted by Gasteiger charge is -2.18. The van der Waals surface area contributed by atoms with Crippen LogP contribution in [0.1, 0.15) is 36.1 Å². The highest BCUT2D eigenvalue weighted by Crippen LogP contribution is 2.23. The summed E-state index contributed by atoms with van der Waals surface area (Å²) in [4.78, 5) is 4.10. The van der Waals surface area contributed by atoms with Crippen molar-refractivity contribution in [1.82, 2.24) is 20.5 Å². The molecule has 0 amide bonds. The summed E-state index contributed by atoms with van der Waals surface area (Å²) in [6, 6.07) is 4.01. The van der Waals surface area contributed by atoms with Crippen LogP contribution >= 0.6 is 0 Å². The van der Waals surface area contributed by atoms with Gasteiger partial charge in [0.05, 0.1) is 0 Å². The Hall–Kier alpha value is -1.75. The van der Waals surface area contributed by atoms with Gasteiger partial charge in [0.15, 0.2) is 0 Å². The van der Waals surface area contributed by atoms with Crippen molar-refractivity contribution in [3.05, 3.63) is 41.9 Å². The lowest BCUT2D eigenvalue weighted by molar-refractivity contribution is 0.360. The van der Waals surface area contributed by atoms with Crippen molar-refractivity contribution in [3.8, 4) is 0 Å². The molecule has 2 aromatic rings. The molecule has 1 N–H and O–H groups in total. The van der Waals surface area contributed by atoms with E-state index in [1.807, 2.05) is 12.3 Å². The van der Waals surface area contributed by atoms with Gasteiger partial charge >= 0.3 is 0 Å². The minimum absolute atomic E-state index is 0.431. The molecule has 1 saturated heterocycles. The zero-order valence-corrected chi connectivity index (χ0v) is 10.9. The zero-order valence-electron chi connectivity index (χ0n) is 10.9. The maximum atomic E-state index is 5.77. The third kappa shape index (κ3) is 3.17. The monoisotopic (exact) mass is 258 g/mol. The maximum absolute atomic E-state index is 5.77. The van der Waals surface area contributed by atoms with E-state index in [4.69, 9.17) is 4.42 Å². The first-order valence-corrected chi connectivity index (χ1v) is 6.84. The lowest BCUT2D eigenvalue weighted by atomic mass is 9.98. The van der Waals surface area contributed by atoms with E-state index in [1.165, 1.54) is 5.56 Å². The van der Waals surface area contributed by atoms with Crippen LogP contribution in [0.3, 0.4) is 0 Å². The van der Waals surface area contributed by atoms with E-state index in [2.05, 4.69) is 26.6 Å². The second-order valence-corrected chi connectivity index (χ2v) is 4.92. The number of nitrogens with zero attached hydrogens (tertiary/aromatic N) is 3. The molecule has 3 rings (SSSR count). The molecule has 0 unspecified atom stereocenters. The molecule has 100 valence electrons. The molecular weight excluding hydrogens is 240 g/mol. The number of piperidine rings is 1. The van der Waals surface area contributed by atoms with Crippen molar-refractivity contribution in [2.75, 3.05) is 13.1 Å². The summed E-state index contributed by atoms with van der Waals surface area (Å²) in [5, 5.41) is 11.7. The van der Waals surface area contributed by atoms with Crippen LogP contribution in [0.5, 0.6) is 0 Å². The molecule has 2 aromatic heterocycles. The van der Waals surface area contributed by atoms with Gasteiger partial charge in [-0.05, 0) is 44.0 Å². The Morgan fingerprint density at radius 2 is 2.11 bits per heavy atom. The normalized spacial score (nSPS) is 16.6. The van der Waals surface area contributed by atoms with E-state index in [0.29, 0.717) is 5.92 Å². The van der Waals surface area contributed by atoms with Gasteiger partial charge in [0, 0.05) is 24.7 Å². The predicted octanol–water partition coefficient (Wildman–Crippen LogP) is 1.72. The molecule has 5 heteroatoms. The van der Waals surface area contributed by atoms with Crippen molar-refractivity contribution in [1.29, 1.82) is 0 Å². The summed E-state index contributed by atoms with van der Waals surface area (Å²) in [6.45, 7) is 2.08. The van der Waals surface area contributed by atoms with Gasteiger partial charge in [-0.3, -0.25) is 4.98 Å². The molecule has 0 saturated carbocycles. The molecule has 0 aromatic carbocycles. The van der Waals surface area contributed by atoms with E-state index < -0.39 is 0 Å². The Balaban J connectivity index is 1.58. The Bertz CT molecular complexity index is 505. The fraction of sp³-hybridized carbons (Fsp3) is 0.500. The smallest absolute Gasteiger partial charge is 0.219 e. The van der Waals surface area contributed by atoms with Crippen molar-refractivity contribution < 1.29 is 4.42 Å². The molecule has 0 radical (unpaired) electrons. The second kappa shape index (κ2) is 5.93. The van der Waals surface area contributed by atoms with Crippen LogP contribution in [0.4, 0.5) is 0 Å². The van der Waals surface area contributed by atoms with E-state index in [9.17, 15) is 0 Å². The summed E-state index contributed by atoms with van der Waals surface area (Å²) < 4.78 is 5.77. The van der Waals surface area contributed by atoms with E-state index >= 15 is 0 Å². The Kier molecular flexibility index (Phi) is 3.83. The average molecular weight is 258 g/mol. The molecule has 0 spiro atoms. The standard InChI is InChI=1S/C14H18N4O/c1-2-11(10-16-7-1)3-4-13-17-18-14(19-13)12-5-8-15-9-6-12/h1-2,7,10,12,15H,3-6,8-9H2. The summed E-state index contributed by atoms with van der Waals surface area (Å²) in [6.07, 6.45) is 7.51. The van der Waals surface area contributed by atoms with Crippen LogP contribution in [0.15, 0.2) is 28.9 Å². The fourth-order valence-electron chi connectivity index (χ4n) is 2.40. The maximum Gasteiger partial charge on any atom is 0.219 e. The van der Waals surface area contributed by atoms with Gasteiger partial charge in [-0.1, -0.05) is 6.07 Å². The quantitative estimate of drug-likeness (QED) is 0.904. The van der Waals surface area contributed by atoms with E-state index in [-0.39, 0.29) is 0 Å². The first kappa shape index (κ1) is 12.3. The Morgan fingerprint density at radius 3 is 2.89 bits per heavy atom. The minimum Gasteiger partial charge on any atom is -0.425 e. The topological polar surface area (TPSA) is 63.8 Å². The van der Waals surface area contributed by atoms with Crippen LogP contribution < -0.4 is 5.32 Å². The highest BCUT2D eigenvalue weighted by molar-refractivity contribution is 5.09. The van der Waals surface area contributed by atoms with Gasteiger partial charge in [-0.15, -0.1) is 10.2 Å². The van der Waals surface area contributed by atoms with Gasteiger partial charge in [0.2, 0.25) is 11.8 Å². The van der Waals surface area contributed by atoms with Crippen LogP contribution in [0, 0.1) is 0 Å². The van der Waals surface area contributed by atoms with Crippen LogP contribution in [-0.4, -0.2) is 28.3 Å². The average Bonchev–Trinajstić information content (AvgIpc) is 2.96. The predicted molar refractivity (Wildman–Crippen MR) is 70.8 cm³/mol. The molecule has 1 aliphatic heterocycles. The summed E-state index contributed by atoms with van der Waals surface area (Å²) in [5.41, 5.74) is 1.20. The van der Waals surface area contributed by atoms with Crippen LogP contribution in [-0.2, 0) is 12.8 Å². The third-order valence-electron chi connectivity index (χ3n) is 3.52. The fourth-order valence-corrected chi connectivity index (χ4v) is 2.40. The largest absolute Gasteiger partial charge is 0.425 e. The minimum atomic E-state index is 0.431. The molecule has 3 heterocycles. The van der Waals surface area contributed by atoms with Crippen molar-refractivity contribution in [2.45, 2.75) is 31.6 Å². The lowest BCUT2D eigenvalue weighted by Crippen LogP contribution is -2.26. The third-order valence-corrected chi connectivity index (χ3v) is 3.52. The number of aryl methyl sites for hydroxylation is 2. The summed E-state index contributed by atoms with van der Waals surface area (Å²) in [7, 11) is 0. The van der Waals surface area contributed by atoms with Gasteiger partial charge in [-0.25, -0.2) is 0 Å². The zero-order chi connectivity index (χ0) is 12.9. The van der Waals surface area contributed by atoms with Crippen LogP contribution in [0.25, 0.3) is 0 Å². The number of rotatable bonds is 4. The highest BCUT2D eigenvalue weighted by atomic mass is 16.4. The molecule has 0 atom stereocenters. The van der Waals surface area contributed by atoms with Crippen molar-refractivity contribution in [3.63, 3.8) is 0 Å². The first-order chi connectivity index (χ1) is 9.42. The molecule has 0 bridgehead atoms. The molecular formula is C14H18N4O. The van der Waals surface area contributed by atoms with Crippen molar-refractivity contribution in [2.24, 2.45) is 0 Å². The van der Waals surface area contributed by atoms with Gasteiger partial charge in [0.25, 0.3) is 0 Å². The van der Waals surface area contributed by atoms with Crippen LogP contribution in [0.2, 0.25) is 0 Å². The molecule has 5 nitrogen and oxygen atoms in total. The summed E-state index contributed by atoms with van der Waals surface area (Å²) in [5.74, 6) is 1.97. The SMILES string of the molecule is c1cncc(CCc2nnc(C3CCNCC3)o2)c1. The Labute approximate surface area is 112 Å². The van der Waals surface area contributed by atoms with E-state index in [0.717, 1.165) is 50.6 Å². The molecule has 1 fully saturated rings. The van der Waals surface area contributed by atoms with Gasteiger partial charge < -0.3 is 9.73 Å². The molecule has 1 aliphatic rings. The van der Waals surface area contributed by atoms with Gasteiger partial charge in [-0.2, -0.15) is 0 Å². The summed E-state index contributed by atoms with van der Waals surface area (Å²) >= 11 is 0. The van der Waals surface area contributed by atoms with Crippen molar-refractivity contribution >= 4 is 0 Å². The van der Waals surface area contributed by atoms with E-state index in [1.54, 1.807) is 6.20 Å². The second-order valence-electron chi connectivity index (χ2n) is 4.92.